The molecule has 0 aliphatic carbocycles. The first-order valence-electron chi connectivity index (χ1n) is 11.9. The number of aliphatic hydroxyl groups is 1. The van der Waals surface area contributed by atoms with Gasteiger partial charge in [-0.15, -0.1) is 0 Å². The minimum Gasteiger partial charge on any atom is -0.456 e. The van der Waals surface area contributed by atoms with Crippen LogP contribution in [0.2, 0.25) is 0 Å². The van der Waals surface area contributed by atoms with E-state index in [1.165, 1.54) is 24.3 Å². The van der Waals surface area contributed by atoms with Gasteiger partial charge in [0.25, 0.3) is 15.7 Å². The Labute approximate surface area is 245 Å². The molecule has 6 nitrogen and oxygen atoms in total. The molecule has 2 N–H and O–H groups in total. The Bertz CT molecular complexity index is 1520. The molecule has 0 aliphatic rings. The fourth-order valence-electron chi connectivity index (χ4n) is 4.14. The van der Waals surface area contributed by atoms with E-state index in [4.69, 9.17) is 4.74 Å². The van der Waals surface area contributed by atoms with Crippen LogP contribution in [0.25, 0.3) is 11.1 Å². The summed E-state index contributed by atoms with van der Waals surface area (Å²) in [6, 6.07) is 10.6. The first kappa shape index (κ1) is 32.8. The molecule has 0 saturated carbocycles. The number of carbonyl (C=O) groups excluding carboxylic acids is 1. The van der Waals surface area contributed by atoms with E-state index in [0.717, 1.165) is 6.07 Å². The number of carbonyl (C=O) groups is 1. The predicted molar refractivity (Wildman–Crippen MR) is 145 cm³/mol. The van der Waals surface area contributed by atoms with Gasteiger partial charge < -0.3 is 14.6 Å². The molecule has 0 spiro atoms. The zero-order valence-electron chi connectivity index (χ0n) is 21.2. The van der Waals surface area contributed by atoms with Crippen LogP contribution in [0, 0.1) is 3.57 Å². The van der Waals surface area contributed by atoms with Crippen molar-refractivity contribution in [2.24, 2.45) is 0 Å². The Hall–Kier alpha value is -2.69. The number of hydrogen-bond acceptors (Lipinski definition) is 5. The highest BCUT2D eigenvalue weighted by Crippen LogP contribution is 2.50. The Kier molecular flexibility index (Phi) is 9.82. The van der Waals surface area contributed by atoms with E-state index in [9.17, 15) is 49.2 Å². The Morgan fingerprint density at radius 1 is 0.878 bits per heavy atom. The zero-order chi connectivity index (χ0) is 30.8. The first-order valence-corrected chi connectivity index (χ1v) is 14.5. The smallest absolute Gasteiger partial charge is 0.430 e. The molecule has 0 saturated heterocycles. The summed E-state index contributed by atoms with van der Waals surface area (Å²) in [5, 5.41) is 9.79. The summed E-state index contributed by atoms with van der Waals surface area (Å²) in [6.45, 7) is 1.66. The van der Waals surface area contributed by atoms with Crippen LogP contribution in [0.1, 0.15) is 36.5 Å². The van der Waals surface area contributed by atoms with Gasteiger partial charge in [-0.25, -0.2) is 0 Å². The summed E-state index contributed by atoms with van der Waals surface area (Å²) in [5.41, 5.74) is -4.92. The summed E-state index contributed by atoms with van der Waals surface area (Å²) < 4.78 is 120. The third kappa shape index (κ3) is 7.04. The molecule has 0 amide bonds. The molecule has 3 aromatic carbocycles. The Balaban J connectivity index is 2.05. The third-order valence-corrected chi connectivity index (χ3v) is 7.88. The molecule has 3 rings (SSSR count). The fourth-order valence-corrected chi connectivity index (χ4v) is 5.28. The number of alkyl halides is 6. The van der Waals surface area contributed by atoms with E-state index >= 15 is 0 Å². The lowest BCUT2D eigenvalue weighted by Gasteiger charge is -2.33. The lowest BCUT2D eigenvalue weighted by molar-refractivity contribution is -0.376. The number of halogens is 7. The van der Waals surface area contributed by atoms with Crippen LogP contribution in [0.15, 0.2) is 59.5 Å². The van der Waals surface area contributed by atoms with Crippen molar-refractivity contribution in [3.8, 4) is 22.6 Å². The molecule has 14 heteroatoms. The van der Waals surface area contributed by atoms with Crippen molar-refractivity contribution in [3.05, 3.63) is 74.9 Å². The standard InChI is InChI=1S/C27H23F6IO6S/c1-2-4-18-13-19(25(36,26(28,29)30)27(31,32)33)8-11-23(18)40-24-10-7-17(14-22(24)34)21-15-20(41(37,38)39)9-6-16(21)5-3-12-35/h6-15,36H,2-5H2,1H3,(H,37,38,39). The second-order valence-electron chi connectivity index (χ2n) is 9.03. The molecule has 0 atom stereocenters. The summed E-state index contributed by atoms with van der Waals surface area (Å²) >= 11 is 1.89. The van der Waals surface area contributed by atoms with E-state index in [-0.39, 0.29) is 41.2 Å². The number of aldehydes is 1. The lowest BCUT2D eigenvalue weighted by Crippen LogP contribution is -2.53. The number of benzene rings is 3. The summed E-state index contributed by atoms with van der Waals surface area (Å²) in [5.74, 6) is 0.176. The molecule has 222 valence electrons. The quantitative estimate of drug-likeness (QED) is 0.0983. The number of hydrogen-bond donors (Lipinski definition) is 2. The number of rotatable bonds is 10. The molecule has 0 heterocycles. The van der Waals surface area contributed by atoms with Gasteiger partial charge in [-0.1, -0.05) is 31.5 Å². The van der Waals surface area contributed by atoms with Gasteiger partial charge in [0.2, 0.25) is 0 Å². The SMILES string of the molecule is CCCc1cc(C(O)(C(F)(F)F)C(F)(F)F)ccc1Oc1ccc(-c2cc(S(=O)(=O)O)ccc2CCC=O)cc1I. The molecule has 0 unspecified atom stereocenters. The Morgan fingerprint density at radius 3 is 2.05 bits per heavy atom. The second-order valence-corrected chi connectivity index (χ2v) is 11.6. The van der Waals surface area contributed by atoms with Crippen molar-refractivity contribution in [1.29, 1.82) is 0 Å². The molecule has 0 radical (unpaired) electrons. The van der Waals surface area contributed by atoms with Crippen LogP contribution >= 0.6 is 22.6 Å². The van der Waals surface area contributed by atoms with Gasteiger partial charge in [-0.2, -0.15) is 34.8 Å². The summed E-state index contributed by atoms with van der Waals surface area (Å²) in [7, 11) is -4.53. The lowest BCUT2D eigenvalue weighted by atomic mass is 9.90. The summed E-state index contributed by atoms with van der Waals surface area (Å²) in [4.78, 5) is 10.5. The van der Waals surface area contributed by atoms with Crippen LogP contribution in [-0.2, 0) is 33.4 Å². The van der Waals surface area contributed by atoms with Crippen LogP contribution in [0.4, 0.5) is 26.3 Å². The molecular formula is C27H23F6IO6S. The predicted octanol–water partition coefficient (Wildman–Crippen LogP) is 7.39. The molecule has 0 aliphatic heterocycles. The molecule has 0 aromatic heterocycles. The van der Waals surface area contributed by atoms with Crippen molar-refractivity contribution in [1.82, 2.24) is 0 Å². The van der Waals surface area contributed by atoms with Crippen molar-refractivity contribution < 1.29 is 54.0 Å². The van der Waals surface area contributed by atoms with Gasteiger partial charge >= 0.3 is 12.4 Å². The van der Waals surface area contributed by atoms with Crippen molar-refractivity contribution in [2.45, 2.75) is 55.5 Å². The van der Waals surface area contributed by atoms with Gasteiger partial charge in [0, 0.05) is 12.0 Å². The van der Waals surface area contributed by atoms with E-state index in [0.29, 0.717) is 45.1 Å². The molecule has 0 fully saturated rings. The molecule has 3 aromatic rings. The molecular weight excluding hydrogens is 693 g/mol. The monoisotopic (exact) mass is 716 g/mol. The van der Waals surface area contributed by atoms with E-state index in [1.54, 1.807) is 19.1 Å². The van der Waals surface area contributed by atoms with Gasteiger partial charge in [0.05, 0.1) is 8.47 Å². The first-order chi connectivity index (χ1) is 18.9. The average Bonchev–Trinajstić information content (AvgIpc) is 2.87. The van der Waals surface area contributed by atoms with Crippen molar-refractivity contribution in [2.75, 3.05) is 0 Å². The van der Waals surface area contributed by atoms with E-state index in [2.05, 4.69) is 0 Å². The largest absolute Gasteiger partial charge is 0.456 e. The van der Waals surface area contributed by atoms with E-state index < -0.39 is 33.6 Å². The second kappa shape index (κ2) is 12.3. The van der Waals surface area contributed by atoms with E-state index in [1.807, 2.05) is 22.6 Å². The highest BCUT2D eigenvalue weighted by atomic mass is 127. The molecule has 0 bridgehead atoms. The maximum absolute atomic E-state index is 13.4. The maximum atomic E-state index is 13.4. The van der Waals surface area contributed by atoms with Gasteiger partial charge in [0.15, 0.2) is 0 Å². The van der Waals surface area contributed by atoms with Gasteiger partial charge in [-0.3, -0.25) is 4.55 Å². The van der Waals surface area contributed by atoms with Crippen molar-refractivity contribution in [3.63, 3.8) is 0 Å². The number of aryl methyl sites for hydroxylation is 2. The highest BCUT2D eigenvalue weighted by Gasteiger charge is 2.71. The average molecular weight is 716 g/mol. The van der Waals surface area contributed by atoms with Crippen molar-refractivity contribution >= 4 is 39.0 Å². The normalized spacial score (nSPS) is 12.8. The minimum atomic E-state index is -6.03. The fraction of sp³-hybridized carbons (Fsp3) is 0.296. The van der Waals surface area contributed by atoms with Gasteiger partial charge in [-0.05, 0) is 94.1 Å². The van der Waals surface area contributed by atoms with Crippen LogP contribution in [-0.4, -0.2) is 36.7 Å². The topological polar surface area (TPSA) is 101 Å². The van der Waals surface area contributed by atoms with Gasteiger partial charge in [0.1, 0.15) is 17.8 Å². The number of ether oxygens (including phenoxy) is 1. The summed E-state index contributed by atoms with van der Waals surface area (Å²) in [6.07, 6.45) is -10.5. The van der Waals surface area contributed by atoms with Crippen LogP contribution in [0.5, 0.6) is 11.5 Å². The molecule has 41 heavy (non-hydrogen) atoms. The zero-order valence-corrected chi connectivity index (χ0v) is 24.2. The highest BCUT2D eigenvalue weighted by molar-refractivity contribution is 14.1. The maximum Gasteiger partial charge on any atom is 0.430 e. The minimum absolute atomic E-state index is 0.00815. The Morgan fingerprint density at radius 2 is 1.51 bits per heavy atom. The van der Waals surface area contributed by atoms with Crippen LogP contribution < -0.4 is 4.74 Å². The van der Waals surface area contributed by atoms with Crippen LogP contribution in [0.3, 0.4) is 0 Å². The third-order valence-electron chi connectivity index (χ3n) is 6.19.